The zero-order valence-electron chi connectivity index (χ0n) is 15.0. The molecule has 0 saturated heterocycles. The summed E-state index contributed by atoms with van der Waals surface area (Å²) in [5.41, 5.74) is 1.63. The maximum atomic E-state index is 12.4. The molecule has 1 aliphatic rings. The Balaban J connectivity index is 1.99. The van der Waals surface area contributed by atoms with Crippen LogP contribution in [0.25, 0.3) is 11.0 Å². The molecule has 0 bridgehead atoms. The topological polar surface area (TPSA) is 78.7 Å². The highest BCUT2D eigenvalue weighted by Gasteiger charge is 2.29. The van der Waals surface area contributed by atoms with Gasteiger partial charge in [-0.1, -0.05) is 0 Å². The van der Waals surface area contributed by atoms with Crippen LogP contribution in [0.4, 0.5) is 0 Å². The Hall–Kier alpha value is -1.48. The first-order chi connectivity index (χ1) is 11.9. The second-order valence-electron chi connectivity index (χ2n) is 6.64. The molecule has 1 fully saturated rings. The quantitative estimate of drug-likeness (QED) is 0.761. The van der Waals surface area contributed by atoms with Crippen molar-refractivity contribution < 1.29 is 13.5 Å². The number of fused-ring (bicyclic) bond motifs is 1. The van der Waals surface area contributed by atoms with Gasteiger partial charge in [0.1, 0.15) is 5.82 Å². The van der Waals surface area contributed by atoms with Crippen molar-refractivity contribution in [1.29, 1.82) is 0 Å². The number of aliphatic hydroxyl groups excluding tert-OH is 1. The van der Waals surface area contributed by atoms with Gasteiger partial charge in [-0.3, -0.25) is 4.90 Å². The minimum atomic E-state index is -3.47. The van der Waals surface area contributed by atoms with E-state index in [1.165, 1.54) is 18.4 Å². The maximum absolute atomic E-state index is 12.4. The molecule has 2 aromatic rings. The number of aliphatic hydroxyl groups is 1. The zero-order chi connectivity index (χ0) is 18.2. The van der Waals surface area contributed by atoms with E-state index in [4.69, 9.17) is 4.98 Å². The molecule has 0 aliphatic heterocycles. The SMILES string of the molecule is CCn1c(CN(CCO)C2CC2)nc2cc(S(=O)(=O)N(C)C)ccc21. The highest BCUT2D eigenvalue weighted by Crippen LogP contribution is 2.29. The number of imidazole rings is 1. The van der Waals surface area contributed by atoms with Crippen molar-refractivity contribution in [3.8, 4) is 0 Å². The molecular formula is C17H26N4O3S. The van der Waals surface area contributed by atoms with Gasteiger partial charge in [0.25, 0.3) is 0 Å². The second kappa shape index (κ2) is 7.03. The van der Waals surface area contributed by atoms with Gasteiger partial charge in [0.15, 0.2) is 0 Å². The highest BCUT2D eigenvalue weighted by molar-refractivity contribution is 7.89. The van der Waals surface area contributed by atoms with Gasteiger partial charge in [0, 0.05) is 33.2 Å². The Bertz CT molecular complexity index is 856. The van der Waals surface area contributed by atoms with Crippen molar-refractivity contribution in [2.75, 3.05) is 27.2 Å². The van der Waals surface area contributed by atoms with Crippen LogP contribution in [0.1, 0.15) is 25.6 Å². The van der Waals surface area contributed by atoms with E-state index in [9.17, 15) is 13.5 Å². The summed E-state index contributed by atoms with van der Waals surface area (Å²) in [4.78, 5) is 7.22. The van der Waals surface area contributed by atoms with Crippen LogP contribution in [0.15, 0.2) is 23.1 Å². The predicted molar refractivity (Wildman–Crippen MR) is 96.8 cm³/mol. The summed E-state index contributed by atoms with van der Waals surface area (Å²) in [6.45, 7) is 4.27. The van der Waals surface area contributed by atoms with E-state index >= 15 is 0 Å². The van der Waals surface area contributed by atoms with Gasteiger partial charge in [-0.15, -0.1) is 0 Å². The average molecular weight is 366 g/mol. The molecule has 0 unspecified atom stereocenters. The number of hydrogen-bond acceptors (Lipinski definition) is 5. The van der Waals surface area contributed by atoms with Crippen LogP contribution in [0.5, 0.6) is 0 Å². The lowest BCUT2D eigenvalue weighted by molar-refractivity contribution is 0.179. The maximum Gasteiger partial charge on any atom is 0.242 e. The third kappa shape index (κ3) is 3.57. The van der Waals surface area contributed by atoms with Crippen LogP contribution in [0, 0.1) is 0 Å². The molecule has 0 atom stereocenters. The Kier molecular flexibility index (Phi) is 5.15. The molecule has 1 heterocycles. The molecule has 0 amide bonds. The van der Waals surface area contributed by atoms with Crippen molar-refractivity contribution >= 4 is 21.1 Å². The summed E-state index contributed by atoms with van der Waals surface area (Å²) in [6, 6.07) is 5.65. The molecule has 3 rings (SSSR count). The first kappa shape index (κ1) is 18.3. The number of sulfonamides is 1. The second-order valence-corrected chi connectivity index (χ2v) is 8.79. The van der Waals surface area contributed by atoms with E-state index in [0.717, 1.165) is 30.7 Å². The lowest BCUT2D eigenvalue weighted by Gasteiger charge is -2.20. The van der Waals surface area contributed by atoms with Gasteiger partial charge in [-0.25, -0.2) is 17.7 Å². The molecule has 1 N–H and O–H groups in total. The molecule has 1 aromatic carbocycles. The fourth-order valence-electron chi connectivity index (χ4n) is 3.14. The van der Waals surface area contributed by atoms with Crippen LogP contribution in [0.3, 0.4) is 0 Å². The van der Waals surface area contributed by atoms with Crippen LogP contribution in [-0.2, 0) is 23.1 Å². The first-order valence-electron chi connectivity index (χ1n) is 8.65. The van der Waals surface area contributed by atoms with Crippen LogP contribution < -0.4 is 0 Å². The Morgan fingerprint density at radius 1 is 1.32 bits per heavy atom. The lowest BCUT2D eigenvalue weighted by atomic mass is 10.3. The molecule has 8 heteroatoms. The zero-order valence-corrected chi connectivity index (χ0v) is 15.8. The molecule has 0 radical (unpaired) electrons. The molecule has 25 heavy (non-hydrogen) atoms. The number of aryl methyl sites for hydroxylation is 1. The molecule has 1 saturated carbocycles. The summed E-state index contributed by atoms with van der Waals surface area (Å²) >= 11 is 0. The molecule has 1 aromatic heterocycles. The third-order valence-electron chi connectivity index (χ3n) is 4.69. The third-order valence-corrected chi connectivity index (χ3v) is 6.50. The molecule has 7 nitrogen and oxygen atoms in total. The average Bonchev–Trinajstić information content (AvgIpc) is 3.35. The van der Waals surface area contributed by atoms with Gasteiger partial charge in [-0.05, 0) is 38.0 Å². The molecule has 0 spiro atoms. The van der Waals surface area contributed by atoms with Crippen molar-refractivity contribution in [2.24, 2.45) is 0 Å². The van der Waals surface area contributed by atoms with Crippen molar-refractivity contribution in [3.63, 3.8) is 0 Å². The summed E-state index contributed by atoms with van der Waals surface area (Å²) in [6.07, 6.45) is 2.33. The van der Waals surface area contributed by atoms with Gasteiger partial charge in [0.05, 0.1) is 29.1 Å². The van der Waals surface area contributed by atoms with E-state index in [0.29, 0.717) is 24.6 Å². The van der Waals surface area contributed by atoms with Crippen LogP contribution in [0.2, 0.25) is 0 Å². The Morgan fingerprint density at radius 3 is 2.60 bits per heavy atom. The van der Waals surface area contributed by atoms with Crippen LogP contribution >= 0.6 is 0 Å². The normalized spacial score (nSPS) is 15.6. The number of rotatable bonds is 8. The van der Waals surface area contributed by atoms with E-state index in [2.05, 4.69) is 16.4 Å². The fraction of sp³-hybridized carbons (Fsp3) is 0.588. The van der Waals surface area contributed by atoms with Gasteiger partial charge in [-0.2, -0.15) is 0 Å². The minimum Gasteiger partial charge on any atom is -0.395 e. The first-order valence-corrected chi connectivity index (χ1v) is 10.1. The van der Waals surface area contributed by atoms with E-state index in [-0.39, 0.29) is 11.5 Å². The van der Waals surface area contributed by atoms with Crippen molar-refractivity contribution in [1.82, 2.24) is 18.8 Å². The molecule has 138 valence electrons. The highest BCUT2D eigenvalue weighted by atomic mass is 32.2. The largest absolute Gasteiger partial charge is 0.395 e. The van der Waals surface area contributed by atoms with E-state index in [1.807, 2.05) is 6.07 Å². The van der Waals surface area contributed by atoms with Crippen molar-refractivity contribution in [3.05, 3.63) is 24.0 Å². The smallest absolute Gasteiger partial charge is 0.242 e. The van der Waals surface area contributed by atoms with Gasteiger partial charge in [0.2, 0.25) is 10.0 Å². The van der Waals surface area contributed by atoms with Gasteiger partial charge >= 0.3 is 0 Å². The summed E-state index contributed by atoms with van der Waals surface area (Å²) in [5.74, 6) is 0.914. The number of aromatic nitrogens is 2. The summed E-state index contributed by atoms with van der Waals surface area (Å²) in [7, 11) is -0.422. The van der Waals surface area contributed by atoms with Crippen LogP contribution in [-0.4, -0.2) is 65.6 Å². The number of benzene rings is 1. The van der Waals surface area contributed by atoms with E-state index in [1.54, 1.807) is 12.1 Å². The minimum absolute atomic E-state index is 0.133. The van der Waals surface area contributed by atoms with Gasteiger partial charge < -0.3 is 9.67 Å². The monoisotopic (exact) mass is 366 g/mol. The summed E-state index contributed by atoms with van der Waals surface area (Å²) < 4.78 is 28.0. The fourth-order valence-corrected chi connectivity index (χ4v) is 4.07. The lowest BCUT2D eigenvalue weighted by Crippen LogP contribution is -2.30. The number of hydrogen-bond donors (Lipinski definition) is 1. The Labute approximate surface area is 148 Å². The molecule has 1 aliphatic carbocycles. The van der Waals surface area contributed by atoms with E-state index < -0.39 is 10.0 Å². The Morgan fingerprint density at radius 2 is 2.04 bits per heavy atom. The standard InChI is InChI=1S/C17H26N4O3S/c1-4-21-16-8-7-14(25(23,24)19(2)3)11-15(16)18-17(21)12-20(9-10-22)13-5-6-13/h7-8,11,13,22H,4-6,9-10,12H2,1-3H3. The number of nitrogens with zero attached hydrogens (tertiary/aromatic N) is 4. The van der Waals surface area contributed by atoms with Crippen molar-refractivity contribution in [2.45, 2.75) is 43.8 Å². The predicted octanol–water partition coefficient (Wildman–Crippen LogP) is 1.26. The molecular weight excluding hydrogens is 340 g/mol. The summed E-state index contributed by atoms with van der Waals surface area (Å²) in [5, 5.41) is 9.30.